The highest BCUT2D eigenvalue weighted by molar-refractivity contribution is 7.89. The van der Waals surface area contributed by atoms with Gasteiger partial charge in [-0.05, 0) is 42.0 Å². The topological polar surface area (TPSA) is 66.5 Å². The van der Waals surface area contributed by atoms with Gasteiger partial charge in [-0.25, -0.2) is 8.42 Å². The fourth-order valence-electron chi connectivity index (χ4n) is 2.45. The Bertz CT molecular complexity index is 918. The molecule has 0 spiro atoms. The van der Waals surface area contributed by atoms with E-state index >= 15 is 0 Å². The maximum Gasteiger partial charge on any atom is 0.248 e. The van der Waals surface area contributed by atoms with E-state index in [-0.39, 0.29) is 10.8 Å². The summed E-state index contributed by atoms with van der Waals surface area (Å²) in [6.45, 7) is 4.41. The minimum absolute atomic E-state index is 0.223. The zero-order chi connectivity index (χ0) is 20.0. The van der Waals surface area contributed by atoms with Gasteiger partial charge in [0.25, 0.3) is 0 Å². The Morgan fingerprint density at radius 1 is 1.04 bits per heavy atom. The molecule has 0 aliphatic carbocycles. The summed E-state index contributed by atoms with van der Waals surface area (Å²) in [7, 11) is -3.49. The average molecular weight is 427 g/mol. The van der Waals surface area contributed by atoms with Gasteiger partial charge in [0.05, 0.1) is 4.90 Å². The highest BCUT2D eigenvalue weighted by Crippen LogP contribution is 2.22. The van der Waals surface area contributed by atoms with Gasteiger partial charge < -0.3 is 5.32 Å². The Morgan fingerprint density at radius 3 is 2.11 bits per heavy atom. The van der Waals surface area contributed by atoms with Gasteiger partial charge in [0.15, 0.2) is 0 Å². The second-order valence-electron chi connectivity index (χ2n) is 5.64. The van der Waals surface area contributed by atoms with Crippen molar-refractivity contribution in [2.75, 3.05) is 18.4 Å². The number of sulfonamides is 1. The van der Waals surface area contributed by atoms with Gasteiger partial charge in [-0.2, -0.15) is 4.31 Å². The van der Waals surface area contributed by atoms with Crippen molar-refractivity contribution < 1.29 is 13.2 Å². The van der Waals surface area contributed by atoms with E-state index in [1.54, 1.807) is 50.3 Å². The molecule has 8 heteroatoms. The number of carbonyl (C=O) groups is 1. The molecule has 144 valence electrons. The maximum absolute atomic E-state index is 12.5. The molecule has 0 fully saturated rings. The first-order valence-corrected chi connectivity index (χ1v) is 10.5. The minimum Gasteiger partial charge on any atom is -0.322 e. The van der Waals surface area contributed by atoms with Crippen molar-refractivity contribution in [3.8, 4) is 0 Å². The standard InChI is InChI=1S/C19H20Cl2N2O3S/c1-3-23(4-2)27(25,26)18-8-5-14(6-9-18)7-10-19(24)22-17-12-15(20)11-16(21)13-17/h5-13H,3-4H2,1-2H3,(H,22,24)/b10-7+. The van der Waals surface area contributed by atoms with Crippen LogP contribution < -0.4 is 5.32 Å². The van der Waals surface area contributed by atoms with E-state index in [1.165, 1.54) is 22.5 Å². The molecule has 27 heavy (non-hydrogen) atoms. The van der Waals surface area contributed by atoms with E-state index in [2.05, 4.69) is 5.32 Å². The lowest BCUT2D eigenvalue weighted by atomic mass is 10.2. The van der Waals surface area contributed by atoms with Crippen LogP contribution in [0.25, 0.3) is 6.08 Å². The Morgan fingerprint density at radius 2 is 1.59 bits per heavy atom. The van der Waals surface area contributed by atoms with Crippen LogP contribution in [-0.4, -0.2) is 31.7 Å². The summed E-state index contributed by atoms with van der Waals surface area (Å²) >= 11 is 11.8. The molecule has 0 aromatic heterocycles. The van der Waals surface area contributed by atoms with Crippen LogP contribution in [0.3, 0.4) is 0 Å². The molecule has 1 amide bonds. The fraction of sp³-hybridized carbons (Fsp3) is 0.211. The van der Waals surface area contributed by atoms with Gasteiger partial charge in [0.1, 0.15) is 0 Å². The molecule has 0 aliphatic heterocycles. The summed E-state index contributed by atoms with van der Waals surface area (Å²) in [5, 5.41) is 3.51. The molecule has 0 bridgehead atoms. The summed E-state index contributed by atoms with van der Waals surface area (Å²) in [5.74, 6) is -0.354. The molecule has 0 heterocycles. The van der Waals surface area contributed by atoms with Crippen molar-refractivity contribution in [3.63, 3.8) is 0 Å². The number of halogens is 2. The molecule has 5 nitrogen and oxygen atoms in total. The largest absolute Gasteiger partial charge is 0.322 e. The highest BCUT2D eigenvalue weighted by atomic mass is 35.5. The van der Waals surface area contributed by atoms with Gasteiger partial charge >= 0.3 is 0 Å². The third-order valence-corrected chi connectivity index (χ3v) is 6.28. The summed E-state index contributed by atoms with van der Waals surface area (Å²) < 4.78 is 26.3. The number of hydrogen-bond acceptors (Lipinski definition) is 3. The number of carbonyl (C=O) groups excluding carboxylic acids is 1. The van der Waals surface area contributed by atoms with Gasteiger partial charge in [-0.15, -0.1) is 0 Å². The molecular formula is C19H20Cl2N2O3S. The van der Waals surface area contributed by atoms with E-state index < -0.39 is 10.0 Å². The van der Waals surface area contributed by atoms with Crippen molar-refractivity contribution in [2.45, 2.75) is 18.7 Å². The molecule has 2 aromatic rings. The van der Waals surface area contributed by atoms with Crippen LogP contribution in [0.4, 0.5) is 5.69 Å². The van der Waals surface area contributed by atoms with Crippen molar-refractivity contribution in [2.24, 2.45) is 0 Å². The molecule has 0 radical (unpaired) electrons. The summed E-state index contributed by atoms with van der Waals surface area (Å²) in [5.41, 5.74) is 1.19. The van der Waals surface area contributed by atoms with Crippen LogP contribution in [0, 0.1) is 0 Å². The molecule has 0 saturated heterocycles. The van der Waals surface area contributed by atoms with Crippen molar-refractivity contribution in [1.82, 2.24) is 4.31 Å². The zero-order valence-electron chi connectivity index (χ0n) is 14.9. The first kappa shape index (κ1) is 21.4. The van der Waals surface area contributed by atoms with Gasteiger partial charge in [-0.3, -0.25) is 4.79 Å². The smallest absolute Gasteiger partial charge is 0.248 e. The third kappa shape index (κ3) is 5.81. The van der Waals surface area contributed by atoms with E-state index in [0.29, 0.717) is 34.4 Å². The number of benzene rings is 2. The lowest BCUT2D eigenvalue weighted by molar-refractivity contribution is -0.111. The maximum atomic E-state index is 12.5. The zero-order valence-corrected chi connectivity index (χ0v) is 17.3. The lowest BCUT2D eigenvalue weighted by Gasteiger charge is -2.18. The highest BCUT2D eigenvalue weighted by Gasteiger charge is 2.20. The predicted octanol–water partition coefficient (Wildman–Crippen LogP) is 4.68. The van der Waals surface area contributed by atoms with Crippen LogP contribution in [-0.2, 0) is 14.8 Å². The van der Waals surface area contributed by atoms with Crippen LogP contribution in [0.2, 0.25) is 10.0 Å². The number of nitrogens with zero attached hydrogens (tertiary/aromatic N) is 1. The quantitative estimate of drug-likeness (QED) is 0.653. The molecule has 0 saturated carbocycles. The molecule has 2 aromatic carbocycles. The molecule has 0 atom stereocenters. The Hall–Kier alpha value is -1.86. The molecule has 1 N–H and O–H groups in total. The van der Waals surface area contributed by atoms with Gasteiger partial charge in [0, 0.05) is 34.9 Å². The first-order valence-electron chi connectivity index (χ1n) is 8.31. The Labute approximate surface area is 169 Å². The molecular weight excluding hydrogens is 407 g/mol. The average Bonchev–Trinajstić information content (AvgIpc) is 2.60. The summed E-state index contributed by atoms with van der Waals surface area (Å²) in [4.78, 5) is 12.2. The van der Waals surface area contributed by atoms with Gasteiger partial charge in [0.2, 0.25) is 15.9 Å². The van der Waals surface area contributed by atoms with E-state index in [9.17, 15) is 13.2 Å². The third-order valence-electron chi connectivity index (χ3n) is 3.78. The van der Waals surface area contributed by atoms with Crippen LogP contribution in [0.1, 0.15) is 19.4 Å². The van der Waals surface area contributed by atoms with E-state index in [4.69, 9.17) is 23.2 Å². The number of nitrogens with one attached hydrogen (secondary N) is 1. The van der Waals surface area contributed by atoms with E-state index in [1.807, 2.05) is 0 Å². The second kappa shape index (κ2) is 9.37. The number of hydrogen-bond donors (Lipinski definition) is 1. The predicted molar refractivity (Wildman–Crippen MR) is 111 cm³/mol. The van der Waals surface area contributed by atoms with E-state index in [0.717, 1.165) is 0 Å². The summed E-state index contributed by atoms with van der Waals surface area (Å²) in [6.07, 6.45) is 2.94. The monoisotopic (exact) mass is 426 g/mol. The number of rotatable bonds is 7. The SMILES string of the molecule is CCN(CC)S(=O)(=O)c1ccc(/C=C/C(=O)Nc2cc(Cl)cc(Cl)c2)cc1. The van der Waals surface area contributed by atoms with Gasteiger partial charge in [-0.1, -0.05) is 49.2 Å². The number of amides is 1. The molecule has 0 unspecified atom stereocenters. The lowest BCUT2D eigenvalue weighted by Crippen LogP contribution is -2.30. The Kier molecular flexibility index (Phi) is 7.44. The normalized spacial score (nSPS) is 11.9. The second-order valence-corrected chi connectivity index (χ2v) is 8.45. The minimum atomic E-state index is -3.49. The van der Waals surface area contributed by atoms with Crippen LogP contribution in [0.15, 0.2) is 53.4 Å². The van der Waals surface area contributed by atoms with Crippen LogP contribution >= 0.6 is 23.2 Å². The van der Waals surface area contributed by atoms with Crippen LogP contribution in [0.5, 0.6) is 0 Å². The summed E-state index contributed by atoms with van der Waals surface area (Å²) in [6, 6.07) is 11.1. The first-order chi connectivity index (χ1) is 12.8. The fourth-order valence-corrected chi connectivity index (χ4v) is 4.43. The van der Waals surface area contributed by atoms with Crippen molar-refractivity contribution in [1.29, 1.82) is 0 Å². The number of anilines is 1. The Balaban J connectivity index is 2.08. The molecule has 2 rings (SSSR count). The van der Waals surface area contributed by atoms with Crippen molar-refractivity contribution >= 4 is 50.9 Å². The van der Waals surface area contributed by atoms with Crippen molar-refractivity contribution in [3.05, 3.63) is 64.1 Å². The molecule has 0 aliphatic rings.